The first kappa shape index (κ1) is 14.1. The molecule has 0 fully saturated rings. The van der Waals surface area contributed by atoms with Crippen LogP contribution < -0.4 is 5.73 Å². The molecule has 19 heavy (non-hydrogen) atoms. The predicted octanol–water partition coefficient (Wildman–Crippen LogP) is 3.54. The lowest BCUT2D eigenvalue weighted by molar-refractivity contribution is 0.613. The van der Waals surface area contributed by atoms with E-state index in [4.69, 9.17) is 5.73 Å². The summed E-state index contributed by atoms with van der Waals surface area (Å²) in [5.41, 5.74) is 9.83. The lowest BCUT2D eigenvalue weighted by Crippen LogP contribution is -2.07. The van der Waals surface area contributed by atoms with Crippen LogP contribution in [0.3, 0.4) is 0 Å². The number of nitrogens with two attached hydrogens (primary N) is 1. The molecule has 0 bridgehead atoms. The fourth-order valence-corrected chi connectivity index (χ4v) is 2.57. The molecule has 0 saturated heterocycles. The van der Waals surface area contributed by atoms with Gasteiger partial charge < -0.3 is 5.73 Å². The minimum Gasteiger partial charge on any atom is -0.396 e. The van der Waals surface area contributed by atoms with Gasteiger partial charge in [-0.1, -0.05) is 19.9 Å². The maximum atomic E-state index is 13.2. The van der Waals surface area contributed by atoms with Gasteiger partial charge in [0.05, 0.1) is 28.1 Å². The fourth-order valence-electron chi connectivity index (χ4n) is 2.14. The van der Waals surface area contributed by atoms with Crippen molar-refractivity contribution in [3.63, 3.8) is 0 Å². The van der Waals surface area contributed by atoms with Gasteiger partial charge in [-0.3, -0.25) is 4.68 Å². The number of nitrogen functional groups attached to an aromatic ring is 1. The Morgan fingerprint density at radius 2 is 2.05 bits per heavy atom. The number of hydrogen-bond donors (Lipinski definition) is 1. The first-order valence-corrected chi connectivity index (χ1v) is 7.14. The minimum absolute atomic E-state index is 0.256. The summed E-state index contributed by atoms with van der Waals surface area (Å²) in [5.74, 6) is -0.256. The zero-order valence-corrected chi connectivity index (χ0v) is 12.7. The van der Waals surface area contributed by atoms with E-state index in [-0.39, 0.29) is 5.82 Å². The molecule has 0 spiro atoms. The Morgan fingerprint density at radius 3 is 2.63 bits per heavy atom. The zero-order chi connectivity index (χ0) is 14.0. The lowest BCUT2D eigenvalue weighted by Gasteiger charge is -2.07. The monoisotopic (exact) mass is 325 g/mol. The van der Waals surface area contributed by atoms with Crippen molar-refractivity contribution in [3.8, 4) is 0 Å². The second kappa shape index (κ2) is 5.74. The van der Waals surface area contributed by atoms with E-state index in [1.165, 1.54) is 6.07 Å². The van der Waals surface area contributed by atoms with Gasteiger partial charge in [0, 0.05) is 0 Å². The van der Waals surface area contributed by atoms with Crippen molar-refractivity contribution < 1.29 is 4.39 Å². The van der Waals surface area contributed by atoms with E-state index in [9.17, 15) is 4.39 Å². The smallest absolute Gasteiger partial charge is 0.137 e. The fraction of sp³-hybridized carbons (Fsp3) is 0.357. The second-order valence-electron chi connectivity index (χ2n) is 4.42. The Morgan fingerprint density at radius 1 is 1.32 bits per heavy atom. The third-order valence-corrected chi connectivity index (χ3v) is 3.77. The maximum absolute atomic E-state index is 13.2. The molecule has 0 atom stereocenters. The summed E-state index contributed by atoms with van der Waals surface area (Å²) < 4.78 is 15.6. The van der Waals surface area contributed by atoms with Crippen LogP contribution in [0.4, 0.5) is 10.1 Å². The van der Waals surface area contributed by atoms with Crippen molar-refractivity contribution >= 4 is 21.6 Å². The van der Waals surface area contributed by atoms with Crippen LogP contribution in [0.5, 0.6) is 0 Å². The molecule has 2 rings (SSSR count). The molecule has 3 nitrogen and oxygen atoms in total. The molecule has 1 aromatic heterocycles. The van der Waals surface area contributed by atoms with Gasteiger partial charge in [0.2, 0.25) is 0 Å². The Labute approximate surface area is 120 Å². The van der Waals surface area contributed by atoms with Crippen molar-refractivity contribution in [2.45, 2.75) is 33.2 Å². The summed E-state index contributed by atoms with van der Waals surface area (Å²) in [6.45, 7) is 4.70. The van der Waals surface area contributed by atoms with Crippen LogP contribution in [0, 0.1) is 5.82 Å². The largest absolute Gasteiger partial charge is 0.396 e. The van der Waals surface area contributed by atoms with Crippen LogP contribution in [0.15, 0.2) is 22.7 Å². The number of rotatable bonds is 4. The highest BCUT2D eigenvalue weighted by Crippen LogP contribution is 2.21. The molecule has 102 valence electrons. The molecule has 0 amide bonds. The van der Waals surface area contributed by atoms with Gasteiger partial charge in [0.1, 0.15) is 5.82 Å². The van der Waals surface area contributed by atoms with Crippen molar-refractivity contribution in [1.29, 1.82) is 0 Å². The maximum Gasteiger partial charge on any atom is 0.137 e. The van der Waals surface area contributed by atoms with Crippen molar-refractivity contribution in [3.05, 3.63) is 45.4 Å². The van der Waals surface area contributed by atoms with Crippen LogP contribution in [-0.4, -0.2) is 9.78 Å². The number of aromatic nitrogens is 2. The number of aryl methyl sites for hydroxylation is 1. The van der Waals surface area contributed by atoms with Gasteiger partial charge in [-0.2, -0.15) is 5.10 Å². The summed E-state index contributed by atoms with van der Waals surface area (Å²) in [6.07, 6.45) is 1.65. The number of nitrogens with zero attached hydrogens (tertiary/aromatic N) is 2. The topological polar surface area (TPSA) is 43.8 Å². The summed E-state index contributed by atoms with van der Waals surface area (Å²) in [6, 6.07) is 5.00. The van der Waals surface area contributed by atoms with E-state index in [1.807, 2.05) is 11.6 Å². The molecule has 1 aromatic carbocycles. The zero-order valence-electron chi connectivity index (χ0n) is 11.1. The number of halogens is 2. The molecule has 2 aromatic rings. The van der Waals surface area contributed by atoms with Crippen molar-refractivity contribution in [2.75, 3.05) is 5.73 Å². The van der Waals surface area contributed by atoms with E-state index >= 15 is 0 Å². The molecule has 0 aliphatic carbocycles. The molecule has 1 heterocycles. The van der Waals surface area contributed by atoms with Crippen LogP contribution in [0.2, 0.25) is 0 Å². The van der Waals surface area contributed by atoms with Crippen LogP contribution in [0.1, 0.15) is 30.8 Å². The predicted molar refractivity (Wildman–Crippen MR) is 78.6 cm³/mol. The summed E-state index contributed by atoms with van der Waals surface area (Å²) in [7, 11) is 0. The highest BCUT2D eigenvalue weighted by atomic mass is 79.9. The van der Waals surface area contributed by atoms with E-state index < -0.39 is 0 Å². The molecule has 0 unspecified atom stereocenters. The van der Waals surface area contributed by atoms with Crippen LogP contribution in [-0.2, 0) is 19.4 Å². The SMILES string of the molecule is CCc1nn(Cc2ccc(F)c(Br)c2)c(CC)c1N. The van der Waals surface area contributed by atoms with Gasteiger partial charge in [-0.05, 0) is 46.5 Å². The molecule has 5 heteroatoms. The third kappa shape index (κ3) is 2.81. The quantitative estimate of drug-likeness (QED) is 0.934. The molecular formula is C14H17BrFN3. The molecule has 0 aliphatic rings. The van der Waals surface area contributed by atoms with E-state index in [2.05, 4.69) is 28.0 Å². The Bertz CT molecular complexity index is 593. The average molecular weight is 326 g/mol. The highest BCUT2D eigenvalue weighted by molar-refractivity contribution is 9.10. The first-order chi connectivity index (χ1) is 9.06. The number of hydrogen-bond acceptors (Lipinski definition) is 2. The Hall–Kier alpha value is -1.36. The highest BCUT2D eigenvalue weighted by Gasteiger charge is 2.13. The second-order valence-corrected chi connectivity index (χ2v) is 5.27. The lowest BCUT2D eigenvalue weighted by atomic mass is 10.2. The summed E-state index contributed by atoms with van der Waals surface area (Å²) in [5, 5.41) is 4.53. The van der Waals surface area contributed by atoms with Gasteiger partial charge in [0.25, 0.3) is 0 Å². The molecule has 0 aliphatic heterocycles. The summed E-state index contributed by atoms with van der Waals surface area (Å²) in [4.78, 5) is 0. The molecular weight excluding hydrogens is 309 g/mol. The Balaban J connectivity index is 2.34. The number of benzene rings is 1. The standard InChI is InChI=1S/C14H17BrFN3/c1-3-12-14(17)13(4-2)19(18-12)8-9-5-6-11(16)10(15)7-9/h5-7H,3-4,8,17H2,1-2H3. The van der Waals surface area contributed by atoms with Crippen molar-refractivity contribution in [2.24, 2.45) is 0 Å². The van der Waals surface area contributed by atoms with Gasteiger partial charge in [0.15, 0.2) is 0 Å². The minimum atomic E-state index is -0.256. The van der Waals surface area contributed by atoms with E-state index in [1.54, 1.807) is 12.1 Å². The van der Waals surface area contributed by atoms with Gasteiger partial charge in [-0.15, -0.1) is 0 Å². The molecule has 2 N–H and O–H groups in total. The van der Waals surface area contributed by atoms with Gasteiger partial charge >= 0.3 is 0 Å². The first-order valence-electron chi connectivity index (χ1n) is 6.34. The third-order valence-electron chi connectivity index (χ3n) is 3.16. The number of anilines is 1. The van der Waals surface area contributed by atoms with Crippen LogP contribution >= 0.6 is 15.9 Å². The van der Waals surface area contributed by atoms with Crippen LogP contribution in [0.25, 0.3) is 0 Å². The van der Waals surface area contributed by atoms with Gasteiger partial charge in [-0.25, -0.2) is 4.39 Å². The molecule has 0 radical (unpaired) electrons. The molecule has 0 saturated carbocycles. The average Bonchev–Trinajstić information content (AvgIpc) is 2.69. The normalized spacial score (nSPS) is 10.9. The van der Waals surface area contributed by atoms with E-state index in [0.717, 1.165) is 35.5 Å². The van der Waals surface area contributed by atoms with Crippen molar-refractivity contribution in [1.82, 2.24) is 9.78 Å². The Kier molecular flexibility index (Phi) is 4.24. The van der Waals surface area contributed by atoms with E-state index in [0.29, 0.717) is 11.0 Å². The summed E-state index contributed by atoms with van der Waals surface area (Å²) >= 11 is 3.20.